The van der Waals surface area contributed by atoms with E-state index >= 15 is 0 Å². The van der Waals surface area contributed by atoms with E-state index < -0.39 is 0 Å². The van der Waals surface area contributed by atoms with Gasteiger partial charge in [0.1, 0.15) is 0 Å². The predicted octanol–water partition coefficient (Wildman–Crippen LogP) is 4.36. The van der Waals surface area contributed by atoms with E-state index in [0.29, 0.717) is 12.0 Å². The van der Waals surface area contributed by atoms with Crippen LogP contribution in [0.25, 0.3) is 0 Å². The molecule has 0 aromatic carbocycles. The molecule has 0 aliphatic rings. The number of unbranched alkanes of at least 4 members (excludes halogenated alkanes) is 5. The van der Waals surface area contributed by atoms with E-state index in [1.807, 2.05) is 0 Å². The molecule has 0 amide bonds. The van der Waals surface area contributed by atoms with Crippen LogP contribution in [-0.4, -0.2) is 6.04 Å². The van der Waals surface area contributed by atoms with Crippen LogP contribution >= 0.6 is 0 Å². The smallest absolute Gasteiger partial charge is 0.00669 e. The minimum absolute atomic E-state index is 0.413. The van der Waals surface area contributed by atoms with E-state index in [4.69, 9.17) is 5.73 Å². The Morgan fingerprint density at radius 2 is 1.40 bits per heavy atom. The lowest BCUT2D eigenvalue weighted by atomic mass is 9.88. The molecule has 0 aliphatic heterocycles. The monoisotopic (exact) mass is 213 g/mol. The molecule has 0 saturated heterocycles. The topological polar surface area (TPSA) is 26.0 Å². The average Bonchev–Trinajstić information content (AvgIpc) is 2.21. The lowest BCUT2D eigenvalue weighted by Gasteiger charge is -2.23. The SMILES string of the molecule is CCCCCCCCC(N)C(C)C(C)C. The van der Waals surface area contributed by atoms with Gasteiger partial charge in [-0.3, -0.25) is 0 Å². The molecule has 0 saturated carbocycles. The van der Waals surface area contributed by atoms with Crippen molar-refractivity contribution in [1.29, 1.82) is 0 Å². The van der Waals surface area contributed by atoms with Crippen LogP contribution in [0.2, 0.25) is 0 Å². The van der Waals surface area contributed by atoms with Gasteiger partial charge in [0.2, 0.25) is 0 Å². The number of rotatable bonds is 9. The standard InChI is InChI=1S/C14H31N/c1-5-6-7-8-9-10-11-14(15)13(4)12(2)3/h12-14H,5-11,15H2,1-4H3. The highest BCUT2D eigenvalue weighted by Gasteiger charge is 2.15. The molecule has 2 unspecified atom stereocenters. The van der Waals surface area contributed by atoms with Crippen molar-refractivity contribution in [1.82, 2.24) is 0 Å². The Kier molecular flexibility index (Phi) is 9.18. The highest BCUT2D eigenvalue weighted by Crippen LogP contribution is 2.17. The summed E-state index contributed by atoms with van der Waals surface area (Å²) in [5.74, 6) is 1.39. The van der Waals surface area contributed by atoms with E-state index in [2.05, 4.69) is 27.7 Å². The van der Waals surface area contributed by atoms with Gasteiger partial charge in [-0.05, 0) is 18.3 Å². The molecule has 0 bridgehead atoms. The van der Waals surface area contributed by atoms with Crippen molar-refractivity contribution in [3.8, 4) is 0 Å². The van der Waals surface area contributed by atoms with Crippen molar-refractivity contribution in [3.05, 3.63) is 0 Å². The second-order valence-corrected chi connectivity index (χ2v) is 5.32. The fraction of sp³-hybridized carbons (Fsp3) is 1.00. The maximum Gasteiger partial charge on any atom is 0.00669 e. The van der Waals surface area contributed by atoms with Gasteiger partial charge in [-0.2, -0.15) is 0 Å². The van der Waals surface area contributed by atoms with Gasteiger partial charge in [0.05, 0.1) is 0 Å². The summed E-state index contributed by atoms with van der Waals surface area (Å²) in [5, 5.41) is 0. The van der Waals surface area contributed by atoms with Gasteiger partial charge in [-0.25, -0.2) is 0 Å². The van der Waals surface area contributed by atoms with Crippen molar-refractivity contribution >= 4 is 0 Å². The quantitative estimate of drug-likeness (QED) is 0.566. The first kappa shape index (κ1) is 15.0. The number of hydrogen-bond acceptors (Lipinski definition) is 1. The largest absolute Gasteiger partial charge is 0.327 e. The van der Waals surface area contributed by atoms with E-state index in [-0.39, 0.29) is 0 Å². The minimum Gasteiger partial charge on any atom is -0.327 e. The van der Waals surface area contributed by atoms with E-state index in [9.17, 15) is 0 Å². The third kappa shape index (κ3) is 7.84. The zero-order valence-electron chi connectivity index (χ0n) is 11.3. The predicted molar refractivity (Wildman–Crippen MR) is 70.0 cm³/mol. The first-order valence-electron chi connectivity index (χ1n) is 6.85. The zero-order chi connectivity index (χ0) is 11.7. The van der Waals surface area contributed by atoms with Crippen LogP contribution in [-0.2, 0) is 0 Å². The van der Waals surface area contributed by atoms with Crippen molar-refractivity contribution in [2.24, 2.45) is 17.6 Å². The Balaban J connectivity index is 3.34. The molecular weight excluding hydrogens is 182 g/mol. The van der Waals surface area contributed by atoms with Crippen LogP contribution < -0.4 is 5.73 Å². The van der Waals surface area contributed by atoms with Crippen molar-refractivity contribution in [2.75, 3.05) is 0 Å². The maximum absolute atomic E-state index is 6.16. The van der Waals surface area contributed by atoms with Crippen LogP contribution in [0, 0.1) is 11.8 Å². The summed E-state index contributed by atoms with van der Waals surface area (Å²) < 4.78 is 0. The van der Waals surface area contributed by atoms with E-state index in [1.165, 1.54) is 44.9 Å². The van der Waals surface area contributed by atoms with Gasteiger partial charge in [0, 0.05) is 6.04 Å². The summed E-state index contributed by atoms with van der Waals surface area (Å²) in [6.45, 7) is 9.09. The van der Waals surface area contributed by atoms with Gasteiger partial charge < -0.3 is 5.73 Å². The summed E-state index contributed by atoms with van der Waals surface area (Å²) in [6, 6.07) is 0.413. The number of nitrogens with two attached hydrogens (primary N) is 1. The van der Waals surface area contributed by atoms with Crippen molar-refractivity contribution in [2.45, 2.75) is 78.7 Å². The second-order valence-electron chi connectivity index (χ2n) is 5.32. The van der Waals surface area contributed by atoms with Crippen molar-refractivity contribution < 1.29 is 0 Å². The molecule has 1 heteroatoms. The third-order valence-corrected chi connectivity index (χ3v) is 3.62. The summed E-state index contributed by atoms with van der Waals surface area (Å²) in [4.78, 5) is 0. The van der Waals surface area contributed by atoms with Crippen LogP contribution in [0.15, 0.2) is 0 Å². The number of hydrogen-bond donors (Lipinski definition) is 1. The minimum atomic E-state index is 0.413. The van der Waals surface area contributed by atoms with Crippen molar-refractivity contribution in [3.63, 3.8) is 0 Å². The highest BCUT2D eigenvalue weighted by atomic mass is 14.6. The average molecular weight is 213 g/mol. The molecule has 0 aromatic heterocycles. The Labute approximate surface area is 96.8 Å². The highest BCUT2D eigenvalue weighted by molar-refractivity contribution is 4.71. The lowest BCUT2D eigenvalue weighted by Crippen LogP contribution is -2.31. The summed E-state index contributed by atoms with van der Waals surface area (Å²) in [7, 11) is 0. The van der Waals surface area contributed by atoms with Gasteiger partial charge in [0.15, 0.2) is 0 Å². The van der Waals surface area contributed by atoms with E-state index in [1.54, 1.807) is 0 Å². The fourth-order valence-electron chi connectivity index (χ4n) is 1.92. The van der Waals surface area contributed by atoms with Crippen LogP contribution in [0.5, 0.6) is 0 Å². The molecule has 2 N–H and O–H groups in total. The molecule has 2 atom stereocenters. The molecule has 92 valence electrons. The molecule has 0 rings (SSSR count). The molecule has 0 aliphatic carbocycles. The Bertz CT molecular complexity index is 131. The molecule has 15 heavy (non-hydrogen) atoms. The molecular formula is C14H31N. The summed E-state index contributed by atoms with van der Waals surface area (Å²) in [6.07, 6.45) is 9.45. The second kappa shape index (κ2) is 9.21. The van der Waals surface area contributed by atoms with Gasteiger partial charge in [-0.1, -0.05) is 66.2 Å². The molecule has 0 fully saturated rings. The Morgan fingerprint density at radius 1 is 0.867 bits per heavy atom. The van der Waals surface area contributed by atoms with Gasteiger partial charge in [0.25, 0.3) is 0 Å². The summed E-state index contributed by atoms with van der Waals surface area (Å²) in [5.41, 5.74) is 6.16. The maximum atomic E-state index is 6.16. The lowest BCUT2D eigenvalue weighted by molar-refractivity contribution is 0.325. The zero-order valence-corrected chi connectivity index (χ0v) is 11.3. The summed E-state index contributed by atoms with van der Waals surface area (Å²) >= 11 is 0. The molecule has 0 heterocycles. The molecule has 0 spiro atoms. The molecule has 0 aromatic rings. The first-order valence-corrected chi connectivity index (χ1v) is 6.85. The Morgan fingerprint density at radius 3 is 1.93 bits per heavy atom. The van der Waals surface area contributed by atoms with Crippen LogP contribution in [0.3, 0.4) is 0 Å². The normalized spacial score (nSPS) is 15.6. The van der Waals surface area contributed by atoms with Gasteiger partial charge >= 0.3 is 0 Å². The molecule has 1 nitrogen and oxygen atoms in total. The van der Waals surface area contributed by atoms with Gasteiger partial charge in [-0.15, -0.1) is 0 Å². The van der Waals surface area contributed by atoms with Crippen LogP contribution in [0.1, 0.15) is 72.6 Å². The van der Waals surface area contributed by atoms with E-state index in [0.717, 1.165) is 5.92 Å². The van der Waals surface area contributed by atoms with Crippen LogP contribution in [0.4, 0.5) is 0 Å². The third-order valence-electron chi connectivity index (χ3n) is 3.62. The first-order chi connectivity index (χ1) is 7.09. The molecule has 0 radical (unpaired) electrons. The fourth-order valence-corrected chi connectivity index (χ4v) is 1.92. The Hall–Kier alpha value is -0.0400.